The van der Waals surface area contributed by atoms with E-state index in [2.05, 4.69) is 26.1 Å². The van der Waals surface area contributed by atoms with Crippen LogP contribution in [0, 0.1) is 5.82 Å². The van der Waals surface area contributed by atoms with Gasteiger partial charge in [-0.25, -0.2) is 9.18 Å². The second-order valence-corrected chi connectivity index (χ2v) is 6.09. The Morgan fingerprint density at radius 1 is 1.32 bits per heavy atom. The summed E-state index contributed by atoms with van der Waals surface area (Å²) in [4.78, 5) is 22.4. The van der Waals surface area contributed by atoms with Gasteiger partial charge >= 0.3 is 6.03 Å². The lowest BCUT2D eigenvalue weighted by Gasteiger charge is -2.02. The van der Waals surface area contributed by atoms with E-state index in [1.165, 1.54) is 24.5 Å². The molecule has 2 aromatic rings. The Kier molecular flexibility index (Phi) is 5.67. The average Bonchev–Trinajstić information content (AvgIpc) is 2.95. The number of carbonyl (C=O) groups is 2. The number of hydrogen-bond acceptors (Lipinski definition) is 7. The lowest BCUT2D eigenvalue weighted by atomic mass is 10.3. The molecular weight excluding hydrogens is 329 g/mol. The summed E-state index contributed by atoms with van der Waals surface area (Å²) >= 11 is 2.32. The fourth-order valence-electron chi connectivity index (χ4n) is 1.35. The van der Waals surface area contributed by atoms with Gasteiger partial charge in [0.2, 0.25) is 11.0 Å². The van der Waals surface area contributed by atoms with E-state index >= 15 is 0 Å². The third-order valence-electron chi connectivity index (χ3n) is 2.33. The van der Waals surface area contributed by atoms with E-state index in [1.807, 2.05) is 0 Å². The molecule has 22 heavy (non-hydrogen) atoms. The van der Waals surface area contributed by atoms with Crippen molar-refractivity contribution in [2.45, 2.75) is 4.34 Å². The first-order valence-corrected chi connectivity index (χ1v) is 7.88. The lowest BCUT2D eigenvalue weighted by Crippen LogP contribution is -2.38. The molecule has 0 aliphatic rings. The monoisotopic (exact) mass is 341 g/mol. The largest absolute Gasteiger partial charge is 0.341 e. The normalized spacial score (nSPS) is 10.1. The number of imide groups is 1. The molecule has 0 saturated carbocycles. The zero-order valence-electron chi connectivity index (χ0n) is 11.4. The van der Waals surface area contributed by atoms with Crippen molar-refractivity contribution in [3.8, 4) is 0 Å². The fourth-order valence-corrected chi connectivity index (χ4v) is 2.91. The van der Waals surface area contributed by atoms with Gasteiger partial charge in [0.25, 0.3) is 0 Å². The van der Waals surface area contributed by atoms with Crippen LogP contribution in [0.2, 0.25) is 0 Å². The molecule has 0 unspecified atom stereocenters. The number of nitrogens with one attached hydrogen (secondary N) is 3. The van der Waals surface area contributed by atoms with Gasteiger partial charge in [-0.1, -0.05) is 35.2 Å². The first kappa shape index (κ1) is 16.2. The Labute approximate surface area is 133 Å². The molecule has 0 radical (unpaired) electrons. The highest BCUT2D eigenvalue weighted by molar-refractivity contribution is 8.01. The van der Waals surface area contributed by atoms with Gasteiger partial charge in [0, 0.05) is 7.05 Å². The van der Waals surface area contributed by atoms with Gasteiger partial charge in [0.05, 0.1) is 11.4 Å². The Hall–Kier alpha value is -2.20. The van der Waals surface area contributed by atoms with E-state index < -0.39 is 17.8 Å². The Morgan fingerprint density at radius 2 is 2.09 bits per heavy atom. The molecule has 0 atom stereocenters. The summed E-state index contributed by atoms with van der Waals surface area (Å²) in [6.07, 6.45) is 0. The van der Waals surface area contributed by atoms with E-state index in [4.69, 9.17) is 0 Å². The Morgan fingerprint density at radius 3 is 2.82 bits per heavy atom. The number of thioether (sulfide) groups is 1. The summed E-state index contributed by atoms with van der Waals surface area (Å²) in [5.74, 6) is -0.804. The van der Waals surface area contributed by atoms with Crippen molar-refractivity contribution in [3.63, 3.8) is 0 Å². The van der Waals surface area contributed by atoms with E-state index in [1.54, 1.807) is 18.2 Å². The summed E-state index contributed by atoms with van der Waals surface area (Å²) in [6.45, 7) is 0. The van der Waals surface area contributed by atoms with Crippen LogP contribution in [0.25, 0.3) is 0 Å². The van der Waals surface area contributed by atoms with Gasteiger partial charge in [-0.15, -0.1) is 10.2 Å². The molecule has 0 aliphatic heterocycles. The maximum absolute atomic E-state index is 13.5. The highest BCUT2D eigenvalue weighted by Crippen LogP contribution is 2.28. The van der Waals surface area contributed by atoms with Crippen LogP contribution in [0.1, 0.15) is 0 Å². The Bertz CT molecular complexity index is 679. The second-order valence-electron chi connectivity index (χ2n) is 3.89. The molecule has 1 aromatic heterocycles. The van der Waals surface area contributed by atoms with E-state index in [9.17, 15) is 14.0 Å². The number of benzene rings is 1. The number of halogens is 1. The van der Waals surface area contributed by atoms with Crippen LogP contribution in [0.5, 0.6) is 0 Å². The number of hydrogen-bond donors (Lipinski definition) is 3. The second kappa shape index (κ2) is 7.71. The molecule has 3 amide bonds. The van der Waals surface area contributed by atoms with Crippen molar-refractivity contribution < 1.29 is 14.0 Å². The van der Waals surface area contributed by atoms with Gasteiger partial charge in [-0.3, -0.25) is 10.1 Å². The highest BCUT2D eigenvalue weighted by Gasteiger charge is 2.11. The first-order valence-electron chi connectivity index (χ1n) is 6.08. The number of carbonyl (C=O) groups excluding carboxylic acids is 2. The predicted octanol–water partition coefficient (Wildman–Crippen LogP) is 1.97. The molecule has 10 heteroatoms. The maximum Gasteiger partial charge on any atom is 0.321 e. The number of urea groups is 1. The van der Waals surface area contributed by atoms with Crippen molar-refractivity contribution in [3.05, 3.63) is 30.1 Å². The van der Waals surface area contributed by atoms with Crippen molar-refractivity contribution in [2.75, 3.05) is 18.1 Å². The summed E-state index contributed by atoms with van der Waals surface area (Å²) in [6, 6.07) is 5.64. The molecule has 0 saturated heterocycles. The average molecular weight is 341 g/mol. The zero-order chi connectivity index (χ0) is 15.9. The number of para-hydroxylation sites is 1. The summed E-state index contributed by atoms with van der Waals surface area (Å²) in [5.41, 5.74) is 0.299. The molecular formula is C12H12FN5O2S2. The number of rotatable bonds is 5. The fraction of sp³-hybridized carbons (Fsp3) is 0.167. The van der Waals surface area contributed by atoms with Crippen LogP contribution in [0.3, 0.4) is 0 Å². The quantitative estimate of drug-likeness (QED) is 0.720. The van der Waals surface area contributed by atoms with E-state index in [0.717, 1.165) is 11.8 Å². The van der Waals surface area contributed by atoms with E-state index in [0.29, 0.717) is 15.2 Å². The lowest BCUT2D eigenvalue weighted by molar-refractivity contribution is -0.117. The molecule has 0 bridgehead atoms. The molecule has 116 valence electrons. The van der Waals surface area contributed by atoms with Gasteiger partial charge in [-0.05, 0) is 12.1 Å². The minimum atomic E-state index is -0.565. The third kappa shape index (κ3) is 4.67. The topological polar surface area (TPSA) is 96.0 Å². The van der Waals surface area contributed by atoms with Crippen LogP contribution in [0.15, 0.2) is 28.6 Å². The van der Waals surface area contributed by atoms with Gasteiger partial charge < -0.3 is 10.6 Å². The molecule has 7 nitrogen and oxygen atoms in total. The molecule has 1 heterocycles. The minimum absolute atomic E-state index is 0.0295. The van der Waals surface area contributed by atoms with Crippen molar-refractivity contribution >= 4 is 45.9 Å². The molecule has 0 fully saturated rings. The van der Waals surface area contributed by atoms with Crippen LogP contribution in [0.4, 0.5) is 20.0 Å². The molecule has 0 aliphatic carbocycles. The Balaban J connectivity index is 1.88. The van der Waals surface area contributed by atoms with E-state index in [-0.39, 0.29) is 5.75 Å². The van der Waals surface area contributed by atoms with Crippen LogP contribution < -0.4 is 16.0 Å². The third-order valence-corrected chi connectivity index (χ3v) is 4.30. The van der Waals surface area contributed by atoms with Crippen molar-refractivity contribution in [1.82, 2.24) is 20.8 Å². The number of anilines is 2. The maximum atomic E-state index is 13.5. The number of amides is 3. The molecule has 2 rings (SSSR count). The highest BCUT2D eigenvalue weighted by atomic mass is 32.2. The van der Waals surface area contributed by atoms with Gasteiger partial charge in [0.15, 0.2) is 4.34 Å². The van der Waals surface area contributed by atoms with Gasteiger partial charge in [0.1, 0.15) is 5.82 Å². The summed E-state index contributed by atoms with van der Waals surface area (Å²) in [5, 5.41) is 15.4. The van der Waals surface area contributed by atoms with Crippen LogP contribution in [-0.2, 0) is 4.79 Å². The minimum Gasteiger partial charge on any atom is -0.341 e. The summed E-state index contributed by atoms with van der Waals surface area (Å²) in [7, 11) is 1.42. The zero-order valence-corrected chi connectivity index (χ0v) is 13.1. The standard InChI is InChI=1S/C12H12FN5O2S2/c1-14-10(20)16-9(19)6-21-12-18-17-11(22-12)15-8-5-3-2-4-7(8)13/h2-5H,6H2,1H3,(H,15,17)(H2,14,16,19,20). The first-order chi connectivity index (χ1) is 10.6. The van der Waals surface area contributed by atoms with Crippen molar-refractivity contribution in [2.24, 2.45) is 0 Å². The van der Waals surface area contributed by atoms with Crippen LogP contribution in [-0.4, -0.2) is 34.9 Å². The SMILES string of the molecule is CNC(=O)NC(=O)CSc1nnc(Nc2ccccc2F)s1. The summed E-state index contributed by atoms with van der Waals surface area (Å²) < 4.78 is 14.0. The molecule has 3 N–H and O–H groups in total. The number of aromatic nitrogens is 2. The predicted molar refractivity (Wildman–Crippen MR) is 82.9 cm³/mol. The van der Waals surface area contributed by atoms with Crippen molar-refractivity contribution in [1.29, 1.82) is 0 Å². The van der Waals surface area contributed by atoms with Crippen LogP contribution >= 0.6 is 23.1 Å². The smallest absolute Gasteiger partial charge is 0.321 e. The van der Waals surface area contributed by atoms with Gasteiger partial charge in [-0.2, -0.15) is 0 Å². The molecule has 0 spiro atoms. The molecule has 1 aromatic carbocycles. The number of nitrogens with zero attached hydrogens (tertiary/aromatic N) is 2.